The summed E-state index contributed by atoms with van der Waals surface area (Å²) in [7, 11) is 3.12. The van der Waals surface area contributed by atoms with Crippen LogP contribution in [0.25, 0.3) is 0 Å². The van der Waals surface area contributed by atoms with E-state index in [1.54, 1.807) is 62.8 Å². The number of rotatable bonds is 7. The summed E-state index contributed by atoms with van der Waals surface area (Å²) in [6.07, 6.45) is 0. The minimum absolute atomic E-state index is 0.132. The van der Waals surface area contributed by atoms with Gasteiger partial charge >= 0.3 is 0 Å². The molecule has 8 heteroatoms. The van der Waals surface area contributed by atoms with E-state index in [9.17, 15) is 9.59 Å². The second-order valence-corrected chi connectivity index (χ2v) is 5.87. The summed E-state index contributed by atoms with van der Waals surface area (Å²) < 4.78 is 9.96. The molecule has 0 aliphatic heterocycles. The minimum Gasteiger partial charge on any atom is -0.497 e. The molecular formula is C19H21N3O4S. The Morgan fingerprint density at radius 3 is 2.41 bits per heavy atom. The molecule has 27 heavy (non-hydrogen) atoms. The van der Waals surface area contributed by atoms with Crippen molar-refractivity contribution in [2.45, 2.75) is 0 Å². The summed E-state index contributed by atoms with van der Waals surface area (Å²) in [6, 6.07) is 13.5. The Morgan fingerprint density at radius 1 is 1.00 bits per heavy atom. The number of benzene rings is 2. The van der Waals surface area contributed by atoms with Crippen LogP contribution in [0.2, 0.25) is 0 Å². The summed E-state index contributed by atoms with van der Waals surface area (Å²) in [5.74, 6) is 0.0975. The molecule has 7 nitrogen and oxygen atoms in total. The van der Waals surface area contributed by atoms with Crippen LogP contribution in [0.4, 0.5) is 5.69 Å². The van der Waals surface area contributed by atoms with Gasteiger partial charge in [0.2, 0.25) is 0 Å². The first-order valence-corrected chi connectivity index (χ1v) is 8.58. The van der Waals surface area contributed by atoms with E-state index >= 15 is 0 Å². The number of hydrogen-bond donors (Lipinski definition) is 3. The molecule has 0 radical (unpaired) electrons. The fourth-order valence-corrected chi connectivity index (χ4v) is 2.40. The maximum atomic E-state index is 12.2. The van der Waals surface area contributed by atoms with Crippen molar-refractivity contribution >= 4 is 34.8 Å². The Kier molecular flexibility index (Phi) is 7.72. The first kappa shape index (κ1) is 20.3. The largest absolute Gasteiger partial charge is 0.497 e. The lowest BCUT2D eigenvalue weighted by atomic mass is 10.2. The normalized spacial score (nSPS) is 10.0. The molecule has 2 rings (SSSR count). The molecule has 0 spiro atoms. The van der Waals surface area contributed by atoms with Crippen LogP contribution in [0, 0.1) is 0 Å². The number of carbonyl (C=O) groups excluding carboxylic acids is 2. The van der Waals surface area contributed by atoms with Gasteiger partial charge in [-0.3, -0.25) is 14.9 Å². The summed E-state index contributed by atoms with van der Waals surface area (Å²) in [5, 5.41) is 8.37. The molecule has 0 saturated carbocycles. The number of methoxy groups -OCH3 is 2. The van der Waals surface area contributed by atoms with Gasteiger partial charge in [0, 0.05) is 30.5 Å². The third kappa shape index (κ3) is 6.36. The summed E-state index contributed by atoms with van der Waals surface area (Å²) in [4.78, 5) is 24.3. The minimum atomic E-state index is -0.344. The van der Waals surface area contributed by atoms with Crippen LogP contribution in [0.15, 0.2) is 48.5 Å². The molecule has 0 aliphatic rings. The summed E-state index contributed by atoms with van der Waals surface area (Å²) >= 11 is 5.17. The maximum Gasteiger partial charge on any atom is 0.257 e. The number of amides is 2. The van der Waals surface area contributed by atoms with Gasteiger partial charge in [-0.25, -0.2) is 0 Å². The number of nitrogens with one attached hydrogen (secondary N) is 3. The molecule has 0 aliphatic carbocycles. The first-order valence-electron chi connectivity index (χ1n) is 8.17. The van der Waals surface area contributed by atoms with Crippen LogP contribution in [-0.4, -0.2) is 44.3 Å². The maximum absolute atomic E-state index is 12.2. The van der Waals surface area contributed by atoms with Crippen molar-refractivity contribution in [1.29, 1.82) is 0 Å². The SMILES string of the molecule is COCCNC(=O)c1cccc(NC(=S)NC(=O)c2ccc(OC)cc2)c1. The Balaban J connectivity index is 1.93. The van der Waals surface area contributed by atoms with Gasteiger partial charge in [0.05, 0.1) is 13.7 Å². The van der Waals surface area contributed by atoms with E-state index in [1.165, 1.54) is 0 Å². The number of carbonyl (C=O) groups is 2. The van der Waals surface area contributed by atoms with E-state index in [2.05, 4.69) is 16.0 Å². The topological polar surface area (TPSA) is 88.7 Å². The Bertz CT molecular complexity index is 809. The molecule has 0 saturated heterocycles. The van der Waals surface area contributed by atoms with Crippen LogP contribution < -0.4 is 20.7 Å². The van der Waals surface area contributed by atoms with Crippen LogP contribution in [0.5, 0.6) is 5.75 Å². The summed E-state index contributed by atoms with van der Waals surface area (Å²) in [5.41, 5.74) is 1.51. The molecule has 0 heterocycles. The highest BCUT2D eigenvalue weighted by molar-refractivity contribution is 7.80. The van der Waals surface area contributed by atoms with Gasteiger partial charge in [0.1, 0.15) is 5.75 Å². The van der Waals surface area contributed by atoms with E-state index in [-0.39, 0.29) is 16.9 Å². The molecule has 0 fully saturated rings. The molecule has 0 unspecified atom stereocenters. The fourth-order valence-electron chi connectivity index (χ4n) is 2.19. The molecular weight excluding hydrogens is 366 g/mol. The predicted molar refractivity (Wildman–Crippen MR) is 107 cm³/mol. The monoisotopic (exact) mass is 387 g/mol. The lowest BCUT2D eigenvalue weighted by Crippen LogP contribution is -2.34. The van der Waals surface area contributed by atoms with Crippen molar-refractivity contribution in [3.8, 4) is 5.75 Å². The van der Waals surface area contributed by atoms with E-state index in [1.807, 2.05) is 0 Å². The van der Waals surface area contributed by atoms with E-state index in [0.29, 0.717) is 35.7 Å². The quantitative estimate of drug-likeness (QED) is 0.499. The van der Waals surface area contributed by atoms with Crippen molar-refractivity contribution < 1.29 is 19.1 Å². The highest BCUT2D eigenvalue weighted by atomic mass is 32.1. The molecule has 0 bridgehead atoms. The second kappa shape index (κ2) is 10.2. The molecule has 0 aromatic heterocycles. The lowest BCUT2D eigenvalue weighted by Gasteiger charge is -2.11. The van der Waals surface area contributed by atoms with E-state index < -0.39 is 0 Å². The molecule has 0 atom stereocenters. The highest BCUT2D eigenvalue weighted by Crippen LogP contribution is 2.12. The van der Waals surface area contributed by atoms with Crippen molar-refractivity contribution in [1.82, 2.24) is 10.6 Å². The van der Waals surface area contributed by atoms with Crippen molar-refractivity contribution in [3.05, 3.63) is 59.7 Å². The molecule has 2 amide bonds. The summed E-state index contributed by atoms with van der Waals surface area (Å²) in [6.45, 7) is 0.856. The second-order valence-electron chi connectivity index (χ2n) is 5.47. The number of hydrogen-bond acceptors (Lipinski definition) is 5. The van der Waals surface area contributed by atoms with E-state index in [0.717, 1.165) is 0 Å². The Hall–Kier alpha value is -2.97. The molecule has 2 aromatic rings. The van der Waals surface area contributed by atoms with Gasteiger partial charge in [-0.15, -0.1) is 0 Å². The first-order chi connectivity index (χ1) is 13.0. The zero-order valence-corrected chi connectivity index (χ0v) is 15.9. The van der Waals surface area contributed by atoms with Crippen molar-refractivity contribution in [2.24, 2.45) is 0 Å². The highest BCUT2D eigenvalue weighted by Gasteiger charge is 2.10. The number of ether oxygens (including phenoxy) is 2. The fraction of sp³-hybridized carbons (Fsp3) is 0.211. The average Bonchev–Trinajstić information content (AvgIpc) is 2.68. The van der Waals surface area contributed by atoms with Gasteiger partial charge in [-0.1, -0.05) is 6.07 Å². The standard InChI is InChI=1S/C19H21N3O4S/c1-25-11-10-20-17(23)14-4-3-5-15(12-14)21-19(27)22-18(24)13-6-8-16(26-2)9-7-13/h3-9,12H,10-11H2,1-2H3,(H,20,23)(H2,21,22,24,27). The number of thiocarbonyl (C=S) groups is 1. The Morgan fingerprint density at radius 2 is 1.74 bits per heavy atom. The zero-order valence-electron chi connectivity index (χ0n) is 15.1. The van der Waals surface area contributed by atoms with Gasteiger partial charge in [0.15, 0.2) is 5.11 Å². The third-order valence-electron chi connectivity index (χ3n) is 3.55. The van der Waals surface area contributed by atoms with Crippen molar-refractivity contribution in [2.75, 3.05) is 32.7 Å². The van der Waals surface area contributed by atoms with Gasteiger partial charge in [-0.2, -0.15) is 0 Å². The predicted octanol–water partition coefficient (Wildman–Crippen LogP) is 2.20. The zero-order chi connectivity index (χ0) is 19.6. The van der Waals surface area contributed by atoms with Crippen LogP contribution in [0.3, 0.4) is 0 Å². The van der Waals surface area contributed by atoms with Gasteiger partial charge in [-0.05, 0) is 54.7 Å². The van der Waals surface area contributed by atoms with Crippen LogP contribution in [0.1, 0.15) is 20.7 Å². The van der Waals surface area contributed by atoms with E-state index in [4.69, 9.17) is 21.7 Å². The molecule has 3 N–H and O–H groups in total. The lowest BCUT2D eigenvalue weighted by molar-refractivity contribution is 0.0935. The Labute approximate surface area is 163 Å². The van der Waals surface area contributed by atoms with Crippen LogP contribution >= 0.6 is 12.2 Å². The molecule has 142 valence electrons. The smallest absolute Gasteiger partial charge is 0.257 e. The van der Waals surface area contributed by atoms with Crippen LogP contribution in [-0.2, 0) is 4.74 Å². The van der Waals surface area contributed by atoms with Crippen molar-refractivity contribution in [3.63, 3.8) is 0 Å². The number of anilines is 1. The molecule has 2 aromatic carbocycles. The third-order valence-corrected chi connectivity index (χ3v) is 3.76. The van der Waals surface area contributed by atoms with Gasteiger partial charge in [0.25, 0.3) is 11.8 Å². The average molecular weight is 387 g/mol. The van der Waals surface area contributed by atoms with Gasteiger partial charge < -0.3 is 20.1 Å².